The molecule has 0 aliphatic rings. The van der Waals surface area contributed by atoms with Crippen molar-refractivity contribution in [1.29, 1.82) is 0 Å². The van der Waals surface area contributed by atoms with Crippen LogP contribution in [0.4, 0.5) is 0 Å². The molecule has 2 aromatic carbocycles. The van der Waals surface area contributed by atoms with E-state index in [-0.39, 0.29) is 21.5 Å². The Morgan fingerprint density at radius 2 is 0.957 bits per heavy atom. The summed E-state index contributed by atoms with van der Waals surface area (Å²) in [6.07, 6.45) is 0. The van der Waals surface area contributed by atoms with Gasteiger partial charge in [0.25, 0.3) is 0 Å². The van der Waals surface area contributed by atoms with Crippen LogP contribution in [0.2, 0.25) is 10.0 Å². The van der Waals surface area contributed by atoms with Gasteiger partial charge in [-0.2, -0.15) is 0 Å². The molecule has 0 N–H and O–H groups in total. The van der Waals surface area contributed by atoms with Gasteiger partial charge in [0.1, 0.15) is 11.5 Å². The summed E-state index contributed by atoms with van der Waals surface area (Å²) in [7, 11) is 0. The predicted octanol–water partition coefficient (Wildman–Crippen LogP) is 6.65. The second-order valence-corrected chi connectivity index (χ2v) is 7.29. The minimum absolute atomic E-state index is 0.168. The molecule has 0 spiro atoms. The van der Waals surface area contributed by atoms with E-state index in [0.717, 1.165) is 0 Å². The van der Waals surface area contributed by atoms with E-state index in [2.05, 4.69) is 0 Å². The van der Waals surface area contributed by atoms with Gasteiger partial charge >= 0.3 is 9.41 Å². The van der Waals surface area contributed by atoms with Crippen LogP contribution in [0.5, 0.6) is 11.5 Å². The summed E-state index contributed by atoms with van der Waals surface area (Å²) >= 11 is 35.5. The Morgan fingerprint density at radius 3 is 1.30 bits per heavy atom. The molecule has 9 heteroatoms. The van der Waals surface area contributed by atoms with E-state index < -0.39 is 9.41 Å². The lowest BCUT2D eigenvalue weighted by Gasteiger charge is -2.29. The number of ether oxygens (including phenoxy) is 3. The molecule has 0 bridgehead atoms. The van der Waals surface area contributed by atoms with Gasteiger partial charge in [0.05, 0.1) is 10.0 Å². The molecule has 2 rings (SSSR count). The maximum Gasteiger partial charge on any atom is 0.380 e. The molecule has 0 heterocycles. The molecule has 0 amide bonds. The number of rotatable bonds is 6. The lowest BCUT2D eigenvalue weighted by atomic mass is 10.3. The molecular formula is C14H8Cl6O3. The Balaban J connectivity index is 2.09. The van der Waals surface area contributed by atoms with Crippen molar-refractivity contribution in [1.82, 2.24) is 0 Å². The van der Waals surface area contributed by atoms with E-state index in [4.69, 9.17) is 83.8 Å². The van der Waals surface area contributed by atoms with Gasteiger partial charge in [-0.25, -0.2) is 4.74 Å². The first-order valence-corrected chi connectivity index (χ1v) is 8.28. The van der Waals surface area contributed by atoms with Crippen LogP contribution in [0, 0.1) is 0 Å². The van der Waals surface area contributed by atoms with Crippen molar-refractivity contribution in [3.63, 3.8) is 0 Å². The van der Waals surface area contributed by atoms with Crippen molar-refractivity contribution in [3.05, 3.63) is 58.6 Å². The van der Waals surface area contributed by atoms with E-state index in [0.29, 0.717) is 0 Å². The highest BCUT2D eigenvalue weighted by atomic mass is 35.5. The number of para-hydroxylation sites is 2. The molecule has 3 nitrogen and oxygen atoms in total. The summed E-state index contributed by atoms with van der Waals surface area (Å²) in [4.78, 5) is 0. The molecule has 2 aromatic rings. The quantitative estimate of drug-likeness (QED) is 0.375. The Bertz CT molecular complexity index is 620. The summed E-state index contributed by atoms with van der Waals surface area (Å²) in [6, 6.07) is 13.0. The van der Waals surface area contributed by atoms with Crippen LogP contribution in [0.15, 0.2) is 48.5 Å². The van der Waals surface area contributed by atoms with Crippen molar-refractivity contribution in [3.8, 4) is 11.5 Å². The van der Waals surface area contributed by atoms with Crippen molar-refractivity contribution in [2.45, 2.75) is 9.41 Å². The maximum atomic E-state index is 5.94. The molecule has 23 heavy (non-hydrogen) atoms. The number of halogens is 6. The Morgan fingerprint density at radius 1 is 0.609 bits per heavy atom. The lowest BCUT2D eigenvalue weighted by molar-refractivity contribution is -0.155. The fourth-order valence-electron chi connectivity index (χ4n) is 1.49. The highest BCUT2D eigenvalue weighted by Crippen LogP contribution is 2.40. The Labute approximate surface area is 162 Å². The molecule has 0 aromatic heterocycles. The van der Waals surface area contributed by atoms with Gasteiger partial charge in [-0.3, -0.25) is 0 Å². The minimum atomic E-state index is -2.27. The normalized spacial score (nSPS) is 12.1. The SMILES string of the molecule is Clc1ccccc1OC(Cl)(Cl)OC(Cl)(Cl)Oc1ccccc1Cl. The second kappa shape index (κ2) is 7.75. The maximum absolute atomic E-state index is 5.94. The fourth-order valence-corrected chi connectivity index (χ4v) is 2.76. The van der Waals surface area contributed by atoms with Gasteiger partial charge in [0.2, 0.25) is 0 Å². The van der Waals surface area contributed by atoms with Gasteiger partial charge < -0.3 is 9.47 Å². The van der Waals surface area contributed by atoms with Crippen LogP contribution in [0.1, 0.15) is 0 Å². The van der Waals surface area contributed by atoms with Crippen molar-refractivity contribution in [2.24, 2.45) is 0 Å². The van der Waals surface area contributed by atoms with E-state index in [1.165, 1.54) is 12.1 Å². The first-order valence-electron chi connectivity index (χ1n) is 6.01. The standard InChI is InChI=1S/C14H8Cl6O3/c15-9-5-1-3-7-11(9)21-13(17,18)23-14(19,20)22-12-8-4-2-6-10(12)16/h1-8H. The van der Waals surface area contributed by atoms with Gasteiger partial charge in [0, 0.05) is 0 Å². The van der Waals surface area contributed by atoms with Gasteiger partial charge in [-0.1, -0.05) is 47.5 Å². The Hall–Kier alpha value is -0.260. The average molecular weight is 437 g/mol. The third kappa shape index (κ3) is 5.95. The number of hydrogen-bond donors (Lipinski definition) is 0. The third-order valence-electron chi connectivity index (χ3n) is 2.37. The van der Waals surface area contributed by atoms with Gasteiger partial charge in [-0.15, -0.1) is 0 Å². The molecule has 0 saturated carbocycles. The first kappa shape index (κ1) is 19.1. The highest BCUT2D eigenvalue weighted by Gasteiger charge is 2.42. The zero-order valence-corrected chi connectivity index (χ0v) is 15.6. The largest absolute Gasteiger partial charge is 0.435 e. The lowest BCUT2D eigenvalue weighted by Crippen LogP contribution is -2.38. The molecule has 0 fully saturated rings. The van der Waals surface area contributed by atoms with E-state index >= 15 is 0 Å². The van der Waals surface area contributed by atoms with Gasteiger partial charge in [0.15, 0.2) is 0 Å². The molecule has 124 valence electrons. The van der Waals surface area contributed by atoms with Crippen molar-refractivity contribution >= 4 is 69.6 Å². The van der Waals surface area contributed by atoms with Crippen LogP contribution >= 0.6 is 69.6 Å². The zero-order chi connectivity index (χ0) is 17.1. The summed E-state index contributed by atoms with van der Waals surface area (Å²) in [5.41, 5.74) is 0. The topological polar surface area (TPSA) is 27.7 Å². The highest BCUT2D eigenvalue weighted by molar-refractivity contribution is 6.49. The van der Waals surface area contributed by atoms with E-state index in [9.17, 15) is 0 Å². The molecule has 0 radical (unpaired) electrons. The number of hydrogen-bond acceptors (Lipinski definition) is 3. The smallest absolute Gasteiger partial charge is 0.380 e. The molecular weight excluding hydrogens is 429 g/mol. The van der Waals surface area contributed by atoms with E-state index in [1.807, 2.05) is 0 Å². The predicted molar refractivity (Wildman–Crippen MR) is 94.1 cm³/mol. The zero-order valence-electron chi connectivity index (χ0n) is 11.1. The summed E-state index contributed by atoms with van der Waals surface area (Å²) in [5.74, 6) is 0.335. The van der Waals surface area contributed by atoms with Gasteiger partial charge in [-0.05, 0) is 70.7 Å². The molecule has 0 saturated heterocycles. The third-order valence-corrected chi connectivity index (χ3v) is 3.61. The number of benzene rings is 2. The fraction of sp³-hybridized carbons (Fsp3) is 0.143. The summed E-state index contributed by atoms with van der Waals surface area (Å²) in [6.45, 7) is 0. The summed E-state index contributed by atoms with van der Waals surface area (Å²) in [5, 5.41) is 0.534. The average Bonchev–Trinajstić information content (AvgIpc) is 2.42. The van der Waals surface area contributed by atoms with Crippen LogP contribution in [0.25, 0.3) is 0 Å². The van der Waals surface area contributed by atoms with Crippen LogP contribution < -0.4 is 9.47 Å². The second-order valence-electron chi connectivity index (χ2n) is 4.09. The first-order chi connectivity index (χ1) is 10.7. The number of alkyl halides is 4. The van der Waals surface area contributed by atoms with Crippen molar-refractivity contribution in [2.75, 3.05) is 0 Å². The Kier molecular flexibility index (Phi) is 6.42. The van der Waals surface area contributed by atoms with E-state index in [1.54, 1.807) is 36.4 Å². The van der Waals surface area contributed by atoms with Crippen LogP contribution in [-0.4, -0.2) is 9.41 Å². The molecule has 0 atom stereocenters. The minimum Gasteiger partial charge on any atom is -0.435 e. The molecule has 0 unspecified atom stereocenters. The van der Waals surface area contributed by atoms with Crippen molar-refractivity contribution < 1.29 is 14.2 Å². The van der Waals surface area contributed by atoms with Crippen LogP contribution in [0.3, 0.4) is 0 Å². The molecule has 0 aliphatic heterocycles. The summed E-state index contributed by atoms with van der Waals surface area (Å²) < 4.78 is 11.0. The van der Waals surface area contributed by atoms with Crippen LogP contribution in [-0.2, 0) is 4.74 Å². The molecule has 0 aliphatic carbocycles. The monoisotopic (exact) mass is 434 g/mol.